The highest BCUT2D eigenvalue weighted by Crippen LogP contribution is 2.28. The summed E-state index contributed by atoms with van der Waals surface area (Å²) in [6.45, 7) is -0.587. The molecule has 0 aromatic heterocycles. The van der Waals surface area contributed by atoms with Crippen molar-refractivity contribution >= 4 is 56.6 Å². The average Bonchev–Trinajstić information content (AvgIpc) is 3.45. The van der Waals surface area contributed by atoms with Crippen molar-refractivity contribution in [1.82, 2.24) is 14.5 Å². The molecule has 4 rings (SSSR count). The van der Waals surface area contributed by atoms with E-state index in [-0.39, 0.29) is 29.8 Å². The van der Waals surface area contributed by atoms with E-state index in [4.69, 9.17) is 34.8 Å². The summed E-state index contributed by atoms with van der Waals surface area (Å²) in [5.74, 6) is -0.871. The smallest absolute Gasteiger partial charge is 0.243 e. The molecular formula is C30H32Cl3N3O4S. The molecule has 1 aliphatic rings. The van der Waals surface area contributed by atoms with Gasteiger partial charge in [-0.3, -0.25) is 9.59 Å². The number of carbonyl (C=O) groups excluding carboxylic acids is 2. The summed E-state index contributed by atoms with van der Waals surface area (Å²) in [5, 5.41) is 4.19. The minimum atomic E-state index is -4.02. The van der Waals surface area contributed by atoms with Gasteiger partial charge in [0.1, 0.15) is 6.04 Å². The molecule has 11 heteroatoms. The fourth-order valence-electron chi connectivity index (χ4n) is 4.93. The van der Waals surface area contributed by atoms with Crippen molar-refractivity contribution in [2.45, 2.75) is 55.6 Å². The van der Waals surface area contributed by atoms with Crippen molar-refractivity contribution in [3.8, 4) is 0 Å². The standard InChI is InChI=1S/C30H32Cl3N3O4S/c1-35(41(39,40)24-16-14-22(31)15-17-24)20-29(37)36(19-25-26(32)12-7-13-27(25)33)28(18-21-8-3-2-4-9-21)30(38)34-23-10-5-6-11-23/h2-4,7-9,12-17,23,28H,5-6,10-11,18-20H2,1H3,(H,34,38)/t28-/m1/s1. The Morgan fingerprint density at radius 3 is 2.12 bits per heavy atom. The monoisotopic (exact) mass is 635 g/mol. The molecule has 0 radical (unpaired) electrons. The summed E-state index contributed by atoms with van der Waals surface area (Å²) in [6, 6.07) is 19.2. The van der Waals surface area contributed by atoms with Gasteiger partial charge >= 0.3 is 0 Å². The topological polar surface area (TPSA) is 86.8 Å². The van der Waals surface area contributed by atoms with Gasteiger partial charge in [-0.25, -0.2) is 8.42 Å². The molecule has 41 heavy (non-hydrogen) atoms. The van der Waals surface area contributed by atoms with E-state index in [0.717, 1.165) is 35.6 Å². The summed E-state index contributed by atoms with van der Waals surface area (Å²) in [5.41, 5.74) is 1.32. The summed E-state index contributed by atoms with van der Waals surface area (Å²) in [4.78, 5) is 29.2. The van der Waals surface area contributed by atoms with Gasteiger partial charge in [-0.1, -0.05) is 84.0 Å². The van der Waals surface area contributed by atoms with Crippen molar-refractivity contribution in [2.75, 3.05) is 13.6 Å². The molecule has 0 aliphatic heterocycles. The zero-order chi connectivity index (χ0) is 29.6. The molecule has 1 saturated carbocycles. The maximum Gasteiger partial charge on any atom is 0.243 e. The quantitative estimate of drug-likeness (QED) is 0.281. The summed E-state index contributed by atoms with van der Waals surface area (Å²) in [6.07, 6.45) is 4.02. The highest BCUT2D eigenvalue weighted by Gasteiger charge is 2.35. The Hall–Kier alpha value is -2.62. The van der Waals surface area contributed by atoms with E-state index in [1.807, 2.05) is 30.3 Å². The largest absolute Gasteiger partial charge is 0.352 e. The number of halogens is 3. The van der Waals surface area contributed by atoms with Crippen LogP contribution in [-0.2, 0) is 32.6 Å². The van der Waals surface area contributed by atoms with Gasteiger partial charge < -0.3 is 10.2 Å². The first-order chi connectivity index (χ1) is 19.6. The van der Waals surface area contributed by atoms with Gasteiger partial charge in [-0.15, -0.1) is 0 Å². The van der Waals surface area contributed by atoms with Gasteiger partial charge in [0, 0.05) is 46.7 Å². The fraction of sp³-hybridized carbons (Fsp3) is 0.333. The number of amides is 2. The number of rotatable bonds is 11. The van der Waals surface area contributed by atoms with Gasteiger partial charge in [0.05, 0.1) is 11.4 Å². The lowest BCUT2D eigenvalue weighted by Crippen LogP contribution is -2.54. The minimum absolute atomic E-state index is 0.00212. The molecule has 0 heterocycles. The molecule has 1 aliphatic carbocycles. The Morgan fingerprint density at radius 1 is 0.902 bits per heavy atom. The first-order valence-electron chi connectivity index (χ1n) is 13.3. The second-order valence-corrected chi connectivity index (χ2v) is 13.4. The third-order valence-electron chi connectivity index (χ3n) is 7.24. The van der Waals surface area contributed by atoms with E-state index >= 15 is 0 Å². The van der Waals surface area contributed by atoms with Crippen LogP contribution >= 0.6 is 34.8 Å². The maximum atomic E-state index is 14.0. The first kappa shape index (κ1) is 31.3. The molecule has 218 valence electrons. The van der Waals surface area contributed by atoms with E-state index in [0.29, 0.717) is 20.6 Å². The lowest BCUT2D eigenvalue weighted by molar-refractivity contribution is -0.141. The molecule has 3 aromatic carbocycles. The highest BCUT2D eigenvalue weighted by molar-refractivity contribution is 7.89. The molecular weight excluding hydrogens is 605 g/mol. The number of hydrogen-bond acceptors (Lipinski definition) is 4. The van der Waals surface area contributed by atoms with E-state index in [1.54, 1.807) is 18.2 Å². The van der Waals surface area contributed by atoms with Crippen molar-refractivity contribution in [1.29, 1.82) is 0 Å². The third-order valence-corrected chi connectivity index (χ3v) is 10.0. The molecule has 1 N–H and O–H groups in total. The lowest BCUT2D eigenvalue weighted by atomic mass is 10.0. The second-order valence-electron chi connectivity index (χ2n) is 10.1. The van der Waals surface area contributed by atoms with E-state index in [1.165, 1.54) is 36.2 Å². The molecule has 0 unspecified atom stereocenters. The second kappa shape index (κ2) is 14.0. The van der Waals surface area contributed by atoms with Crippen LogP contribution in [0.4, 0.5) is 0 Å². The maximum absolute atomic E-state index is 14.0. The molecule has 1 fully saturated rings. The molecule has 3 aromatic rings. The van der Waals surface area contributed by atoms with Crippen molar-refractivity contribution in [2.24, 2.45) is 0 Å². The normalized spacial score (nSPS) is 14.7. The van der Waals surface area contributed by atoms with Gasteiger partial charge in [0.25, 0.3) is 0 Å². The summed E-state index contributed by atoms with van der Waals surface area (Å²) in [7, 11) is -2.70. The van der Waals surface area contributed by atoms with Crippen LogP contribution in [0.3, 0.4) is 0 Å². The Morgan fingerprint density at radius 2 is 1.51 bits per heavy atom. The number of carbonyl (C=O) groups is 2. The number of nitrogens with one attached hydrogen (secondary N) is 1. The van der Waals surface area contributed by atoms with Crippen LogP contribution in [-0.4, -0.2) is 55.1 Å². The Bertz CT molecular complexity index is 1440. The molecule has 0 spiro atoms. The molecule has 2 amide bonds. The molecule has 1 atom stereocenters. The van der Waals surface area contributed by atoms with Crippen LogP contribution in [0, 0.1) is 0 Å². The zero-order valence-corrected chi connectivity index (χ0v) is 25.7. The van der Waals surface area contributed by atoms with Crippen LogP contribution in [0.15, 0.2) is 77.7 Å². The van der Waals surface area contributed by atoms with E-state index in [9.17, 15) is 18.0 Å². The summed E-state index contributed by atoms with van der Waals surface area (Å²) < 4.78 is 27.5. The Balaban J connectivity index is 1.69. The van der Waals surface area contributed by atoms with Crippen LogP contribution in [0.25, 0.3) is 0 Å². The van der Waals surface area contributed by atoms with Crippen LogP contribution in [0.5, 0.6) is 0 Å². The Labute approximate surface area is 256 Å². The lowest BCUT2D eigenvalue weighted by Gasteiger charge is -2.33. The summed E-state index contributed by atoms with van der Waals surface area (Å²) >= 11 is 18.9. The van der Waals surface area contributed by atoms with Crippen molar-refractivity contribution < 1.29 is 18.0 Å². The van der Waals surface area contributed by atoms with E-state index < -0.39 is 28.5 Å². The predicted molar refractivity (Wildman–Crippen MR) is 163 cm³/mol. The zero-order valence-electron chi connectivity index (χ0n) is 22.6. The number of likely N-dealkylation sites (N-methyl/N-ethyl adjacent to an activating group) is 1. The molecule has 0 bridgehead atoms. The number of hydrogen-bond donors (Lipinski definition) is 1. The van der Waals surface area contributed by atoms with E-state index in [2.05, 4.69) is 5.32 Å². The van der Waals surface area contributed by atoms with Crippen molar-refractivity contribution in [3.05, 3.63) is 99.0 Å². The fourth-order valence-corrected chi connectivity index (χ4v) is 6.69. The number of sulfonamides is 1. The molecule has 7 nitrogen and oxygen atoms in total. The van der Waals surface area contributed by atoms with Crippen molar-refractivity contribution in [3.63, 3.8) is 0 Å². The first-order valence-corrected chi connectivity index (χ1v) is 15.9. The number of benzene rings is 3. The van der Waals surface area contributed by atoms with Crippen LogP contribution < -0.4 is 5.32 Å². The average molecular weight is 637 g/mol. The van der Waals surface area contributed by atoms with Gasteiger partial charge in [-0.05, 0) is 54.8 Å². The minimum Gasteiger partial charge on any atom is -0.352 e. The van der Waals surface area contributed by atoms with Gasteiger partial charge in [-0.2, -0.15) is 4.31 Å². The highest BCUT2D eigenvalue weighted by atomic mass is 35.5. The number of nitrogens with zero attached hydrogens (tertiary/aromatic N) is 2. The van der Waals surface area contributed by atoms with Crippen LogP contribution in [0.1, 0.15) is 36.8 Å². The third kappa shape index (κ3) is 8.02. The van der Waals surface area contributed by atoms with Gasteiger partial charge in [0.15, 0.2) is 0 Å². The van der Waals surface area contributed by atoms with Crippen LogP contribution in [0.2, 0.25) is 15.1 Å². The van der Waals surface area contributed by atoms with Gasteiger partial charge in [0.2, 0.25) is 21.8 Å². The molecule has 0 saturated heterocycles. The Kier molecular flexibility index (Phi) is 10.7. The SMILES string of the molecule is CN(CC(=O)N(Cc1c(Cl)cccc1Cl)[C@H](Cc1ccccc1)C(=O)NC1CCCC1)S(=O)(=O)c1ccc(Cl)cc1. The predicted octanol–water partition coefficient (Wildman–Crippen LogP) is 5.97.